The molecule has 7 nitrogen and oxygen atoms in total. The minimum atomic E-state index is 0.0616. The summed E-state index contributed by atoms with van der Waals surface area (Å²) < 4.78 is 1.75. The van der Waals surface area contributed by atoms with Crippen LogP contribution in [0.4, 0.5) is 5.82 Å². The lowest BCUT2D eigenvalue weighted by atomic mass is 10.2. The predicted octanol–water partition coefficient (Wildman–Crippen LogP) is 1.51. The van der Waals surface area contributed by atoms with E-state index in [2.05, 4.69) is 20.4 Å². The molecule has 0 aromatic carbocycles. The Balaban J connectivity index is 1.44. The molecule has 0 saturated carbocycles. The van der Waals surface area contributed by atoms with Gasteiger partial charge in [0.1, 0.15) is 17.8 Å². The van der Waals surface area contributed by atoms with Crippen LogP contribution in [0.1, 0.15) is 41.5 Å². The quantitative estimate of drug-likeness (QED) is 0.922. The van der Waals surface area contributed by atoms with Crippen molar-refractivity contribution in [3.8, 4) is 0 Å². The molecule has 1 aliphatic carbocycles. The molecule has 0 unspecified atom stereocenters. The molecule has 3 heterocycles. The van der Waals surface area contributed by atoms with E-state index in [0.717, 1.165) is 38.0 Å². The summed E-state index contributed by atoms with van der Waals surface area (Å²) in [5.41, 5.74) is 3.10. The Morgan fingerprint density at radius 3 is 3.17 bits per heavy atom. The summed E-state index contributed by atoms with van der Waals surface area (Å²) in [6.45, 7) is 4.16. The van der Waals surface area contributed by atoms with Gasteiger partial charge in [-0.2, -0.15) is 5.10 Å². The van der Waals surface area contributed by atoms with Gasteiger partial charge in [-0.05, 0) is 38.7 Å². The summed E-state index contributed by atoms with van der Waals surface area (Å²) in [4.78, 5) is 23.4. The monoisotopic (exact) mass is 326 g/mol. The average molecular weight is 326 g/mol. The Bertz CT molecular complexity index is 755. The normalized spacial score (nSPS) is 19.5. The number of nitrogens with one attached hydrogen (secondary N) is 1. The second kappa shape index (κ2) is 6.22. The van der Waals surface area contributed by atoms with Gasteiger partial charge in [0, 0.05) is 43.1 Å². The Hall–Kier alpha value is -2.44. The number of aryl methyl sites for hydroxylation is 2. The van der Waals surface area contributed by atoms with Gasteiger partial charge in [-0.25, -0.2) is 9.97 Å². The van der Waals surface area contributed by atoms with E-state index in [1.807, 2.05) is 11.8 Å². The smallest absolute Gasteiger partial charge is 0.272 e. The van der Waals surface area contributed by atoms with Crippen LogP contribution in [-0.2, 0) is 19.4 Å². The van der Waals surface area contributed by atoms with E-state index < -0.39 is 0 Å². The van der Waals surface area contributed by atoms with Gasteiger partial charge in [0.2, 0.25) is 0 Å². The maximum Gasteiger partial charge on any atom is 0.272 e. The zero-order chi connectivity index (χ0) is 16.5. The molecule has 7 heteroatoms. The van der Waals surface area contributed by atoms with Crippen molar-refractivity contribution >= 4 is 11.7 Å². The fraction of sp³-hybridized carbons (Fsp3) is 0.529. The lowest BCUT2D eigenvalue weighted by Gasteiger charge is -2.18. The molecule has 1 N–H and O–H groups in total. The first-order valence-corrected chi connectivity index (χ1v) is 8.66. The third-order valence-corrected chi connectivity index (χ3v) is 4.93. The fourth-order valence-corrected chi connectivity index (χ4v) is 3.67. The van der Waals surface area contributed by atoms with Crippen LogP contribution in [-0.4, -0.2) is 49.7 Å². The molecule has 1 atom stereocenters. The number of carbonyl (C=O) groups excluding carboxylic acids is 1. The fourth-order valence-electron chi connectivity index (χ4n) is 3.67. The van der Waals surface area contributed by atoms with Gasteiger partial charge < -0.3 is 10.2 Å². The molecule has 2 aliphatic rings. The van der Waals surface area contributed by atoms with Crippen molar-refractivity contribution in [2.24, 2.45) is 0 Å². The highest BCUT2D eigenvalue weighted by Crippen LogP contribution is 2.26. The molecule has 1 fully saturated rings. The highest BCUT2D eigenvalue weighted by Gasteiger charge is 2.29. The molecular formula is C17H22N6O. The summed E-state index contributed by atoms with van der Waals surface area (Å²) in [6, 6.07) is 2.04. The van der Waals surface area contributed by atoms with Crippen LogP contribution in [0.25, 0.3) is 0 Å². The van der Waals surface area contributed by atoms with Crippen molar-refractivity contribution in [3.63, 3.8) is 0 Å². The minimum absolute atomic E-state index is 0.0616. The van der Waals surface area contributed by atoms with Gasteiger partial charge in [-0.15, -0.1) is 0 Å². The van der Waals surface area contributed by atoms with Gasteiger partial charge >= 0.3 is 0 Å². The molecule has 0 bridgehead atoms. The van der Waals surface area contributed by atoms with E-state index in [1.54, 1.807) is 23.3 Å². The third kappa shape index (κ3) is 2.64. The van der Waals surface area contributed by atoms with E-state index >= 15 is 0 Å². The van der Waals surface area contributed by atoms with E-state index in [-0.39, 0.29) is 11.9 Å². The zero-order valence-corrected chi connectivity index (χ0v) is 13.9. The van der Waals surface area contributed by atoms with Gasteiger partial charge in [0.25, 0.3) is 5.91 Å². The van der Waals surface area contributed by atoms with Crippen molar-refractivity contribution in [1.29, 1.82) is 0 Å². The molecule has 0 spiro atoms. The van der Waals surface area contributed by atoms with Gasteiger partial charge in [0.05, 0.1) is 0 Å². The molecule has 126 valence electrons. The van der Waals surface area contributed by atoms with E-state index in [1.165, 1.54) is 11.3 Å². The summed E-state index contributed by atoms with van der Waals surface area (Å²) in [7, 11) is 0. The number of hydrogen-bond acceptors (Lipinski definition) is 5. The first-order valence-electron chi connectivity index (χ1n) is 8.66. The SMILES string of the molecule is CCn1nccc1C(=O)N1CC[C@@H](Nc2ncnc3c2CCC3)C1. The number of likely N-dealkylation sites (tertiary alicyclic amines) is 1. The van der Waals surface area contributed by atoms with Crippen LogP contribution >= 0.6 is 0 Å². The molecule has 1 amide bonds. The summed E-state index contributed by atoms with van der Waals surface area (Å²) >= 11 is 0. The molecule has 0 radical (unpaired) electrons. The van der Waals surface area contributed by atoms with Crippen LogP contribution in [0.15, 0.2) is 18.6 Å². The van der Waals surface area contributed by atoms with Crippen LogP contribution in [0, 0.1) is 0 Å². The van der Waals surface area contributed by atoms with Crippen LogP contribution in [0.5, 0.6) is 0 Å². The zero-order valence-electron chi connectivity index (χ0n) is 13.9. The number of anilines is 1. The molecule has 2 aromatic heterocycles. The van der Waals surface area contributed by atoms with Crippen molar-refractivity contribution in [1.82, 2.24) is 24.6 Å². The van der Waals surface area contributed by atoms with Crippen molar-refractivity contribution in [3.05, 3.63) is 35.5 Å². The standard InChI is InChI=1S/C17H22N6O/c1-2-23-15(6-8-20-23)17(24)22-9-7-12(10-22)21-16-13-4-3-5-14(13)18-11-19-16/h6,8,11-12H,2-5,7,9-10H2,1H3,(H,18,19,21)/t12-/m1/s1. The van der Waals surface area contributed by atoms with Gasteiger partial charge in [0.15, 0.2) is 0 Å². The molecule has 1 saturated heterocycles. The summed E-state index contributed by atoms with van der Waals surface area (Å²) in [5, 5.41) is 7.72. The first-order chi connectivity index (χ1) is 11.8. The Morgan fingerprint density at radius 2 is 2.29 bits per heavy atom. The average Bonchev–Trinajstić information content (AvgIpc) is 3.34. The molecule has 2 aromatic rings. The van der Waals surface area contributed by atoms with Crippen molar-refractivity contribution in [2.45, 2.75) is 45.2 Å². The number of aromatic nitrogens is 4. The van der Waals surface area contributed by atoms with E-state index in [9.17, 15) is 4.79 Å². The lowest BCUT2D eigenvalue weighted by molar-refractivity contribution is 0.0779. The molecule has 24 heavy (non-hydrogen) atoms. The number of fused-ring (bicyclic) bond motifs is 1. The Labute approximate surface area is 141 Å². The maximum absolute atomic E-state index is 12.7. The Kier molecular flexibility index (Phi) is 3.92. The summed E-state index contributed by atoms with van der Waals surface area (Å²) in [6.07, 6.45) is 7.51. The van der Waals surface area contributed by atoms with Crippen molar-refractivity contribution < 1.29 is 4.79 Å². The predicted molar refractivity (Wildman–Crippen MR) is 89.9 cm³/mol. The molecule has 1 aliphatic heterocycles. The second-order valence-corrected chi connectivity index (χ2v) is 6.41. The van der Waals surface area contributed by atoms with Crippen LogP contribution in [0.2, 0.25) is 0 Å². The van der Waals surface area contributed by atoms with E-state index in [4.69, 9.17) is 0 Å². The van der Waals surface area contributed by atoms with Gasteiger partial charge in [-0.1, -0.05) is 0 Å². The number of amides is 1. The Morgan fingerprint density at radius 1 is 1.38 bits per heavy atom. The number of rotatable bonds is 4. The topological polar surface area (TPSA) is 75.9 Å². The highest BCUT2D eigenvalue weighted by molar-refractivity contribution is 5.92. The van der Waals surface area contributed by atoms with Gasteiger partial charge in [-0.3, -0.25) is 9.48 Å². The number of carbonyl (C=O) groups is 1. The molecular weight excluding hydrogens is 304 g/mol. The second-order valence-electron chi connectivity index (χ2n) is 6.41. The number of nitrogens with zero attached hydrogens (tertiary/aromatic N) is 5. The highest BCUT2D eigenvalue weighted by atomic mass is 16.2. The van der Waals surface area contributed by atoms with Crippen molar-refractivity contribution in [2.75, 3.05) is 18.4 Å². The largest absolute Gasteiger partial charge is 0.365 e. The molecule has 4 rings (SSSR count). The van der Waals surface area contributed by atoms with Crippen LogP contribution < -0.4 is 5.32 Å². The third-order valence-electron chi connectivity index (χ3n) is 4.93. The van der Waals surface area contributed by atoms with E-state index in [0.29, 0.717) is 18.8 Å². The lowest BCUT2D eigenvalue weighted by Crippen LogP contribution is -2.33. The maximum atomic E-state index is 12.7. The number of hydrogen-bond donors (Lipinski definition) is 1. The summed E-state index contributed by atoms with van der Waals surface area (Å²) in [5.74, 6) is 1.02. The van der Waals surface area contributed by atoms with Crippen LogP contribution in [0.3, 0.4) is 0 Å². The first kappa shape index (κ1) is 15.1. The minimum Gasteiger partial charge on any atom is -0.365 e.